The minimum Gasteiger partial charge on any atom is -0.388 e. The van der Waals surface area contributed by atoms with Gasteiger partial charge in [0.25, 0.3) is 5.56 Å². The van der Waals surface area contributed by atoms with E-state index in [-0.39, 0.29) is 10.6 Å². The number of methoxy groups -OCH3 is 1. The molecular formula is C13H22ClN3O3. The second kappa shape index (κ2) is 7.61. The van der Waals surface area contributed by atoms with Crippen LogP contribution in [0.5, 0.6) is 0 Å². The molecule has 114 valence electrons. The fourth-order valence-corrected chi connectivity index (χ4v) is 1.90. The van der Waals surface area contributed by atoms with Gasteiger partial charge in [0.1, 0.15) is 5.02 Å². The summed E-state index contributed by atoms with van der Waals surface area (Å²) in [4.78, 5) is 12.0. The van der Waals surface area contributed by atoms with Gasteiger partial charge in [-0.15, -0.1) is 0 Å². The van der Waals surface area contributed by atoms with Crippen molar-refractivity contribution in [1.29, 1.82) is 0 Å². The van der Waals surface area contributed by atoms with Crippen LogP contribution in [0.15, 0.2) is 11.0 Å². The molecule has 1 aromatic heterocycles. The molecule has 0 aliphatic carbocycles. The highest BCUT2D eigenvalue weighted by atomic mass is 35.5. The zero-order chi connectivity index (χ0) is 15.2. The topological polar surface area (TPSA) is 76.4 Å². The summed E-state index contributed by atoms with van der Waals surface area (Å²) in [6, 6.07) is 0. The largest absolute Gasteiger partial charge is 0.388 e. The SMILES string of the molecule is CCC(O)(CC)CNc1cnn(CCOC)c(=O)c1Cl. The van der Waals surface area contributed by atoms with E-state index < -0.39 is 5.60 Å². The van der Waals surface area contributed by atoms with Gasteiger partial charge in [-0.05, 0) is 12.8 Å². The Hall–Kier alpha value is -1.11. The lowest BCUT2D eigenvalue weighted by Gasteiger charge is -2.26. The summed E-state index contributed by atoms with van der Waals surface area (Å²) >= 11 is 6.03. The van der Waals surface area contributed by atoms with Crippen LogP contribution in [0.1, 0.15) is 26.7 Å². The van der Waals surface area contributed by atoms with Gasteiger partial charge in [0, 0.05) is 13.7 Å². The normalized spacial score (nSPS) is 11.7. The highest BCUT2D eigenvalue weighted by molar-refractivity contribution is 6.32. The number of rotatable bonds is 8. The van der Waals surface area contributed by atoms with Crippen LogP contribution >= 0.6 is 11.6 Å². The van der Waals surface area contributed by atoms with Gasteiger partial charge < -0.3 is 15.2 Å². The molecule has 0 bridgehead atoms. The van der Waals surface area contributed by atoms with Crippen LogP contribution in [0.4, 0.5) is 5.69 Å². The minimum atomic E-state index is -0.811. The summed E-state index contributed by atoms with van der Waals surface area (Å²) in [6.45, 7) is 4.88. The van der Waals surface area contributed by atoms with E-state index in [4.69, 9.17) is 16.3 Å². The monoisotopic (exact) mass is 303 g/mol. The average molecular weight is 304 g/mol. The maximum absolute atomic E-state index is 12.0. The second-order valence-corrected chi connectivity index (χ2v) is 5.06. The van der Waals surface area contributed by atoms with Crippen molar-refractivity contribution in [3.05, 3.63) is 21.6 Å². The quantitative estimate of drug-likeness (QED) is 0.761. The Morgan fingerprint density at radius 3 is 2.70 bits per heavy atom. The molecule has 0 amide bonds. The molecule has 0 fully saturated rings. The number of ether oxygens (including phenoxy) is 1. The van der Waals surface area contributed by atoms with E-state index >= 15 is 0 Å². The van der Waals surface area contributed by atoms with E-state index in [1.165, 1.54) is 10.9 Å². The highest BCUT2D eigenvalue weighted by Gasteiger charge is 2.22. The number of nitrogens with zero attached hydrogens (tertiary/aromatic N) is 2. The summed E-state index contributed by atoms with van der Waals surface area (Å²) < 4.78 is 6.15. The first-order valence-corrected chi connectivity index (χ1v) is 7.06. The molecular weight excluding hydrogens is 282 g/mol. The van der Waals surface area contributed by atoms with Crippen molar-refractivity contribution in [3.63, 3.8) is 0 Å². The third-order valence-electron chi connectivity index (χ3n) is 3.42. The molecule has 0 atom stereocenters. The number of hydrogen-bond acceptors (Lipinski definition) is 5. The number of aromatic nitrogens is 2. The molecule has 20 heavy (non-hydrogen) atoms. The van der Waals surface area contributed by atoms with E-state index in [1.807, 2.05) is 13.8 Å². The molecule has 0 radical (unpaired) electrons. The van der Waals surface area contributed by atoms with Crippen molar-refractivity contribution < 1.29 is 9.84 Å². The Balaban J connectivity index is 2.83. The number of hydrogen-bond donors (Lipinski definition) is 2. The average Bonchev–Trinajstić information content (AvgIpc) is 2.47. The Morgan fingerprint density at radius 1 is 1.50 bits per heavy atom. The summed E-state index contributed by atoms with van der Waals surface area (Å²) in [7, 11) is 1.55. The summed E-state index contributed by atoms with van der Waals surface area (Å²) in [5, 5.41) is 17.3. The van der Waals surface area contributed by atoms with E-state index in [2.05, 4.69) is 10.4 Å². The van der Waals surface area contributed by atoms with Crippen molar-refractivity contribution in [3.8, 4) is 0 Å². The second-order valence-electron chi connectivity index (χ2n) is 4.68. The fourth-order valence-electron chi connectivity index (χ4n) is 1.69. The molecule has 1 heterocycles. The lowest BCUT2D eigenvalue weighted by atomic mass is 9.97. The molecule has 0 aromatic carbocycles. The van der Waals surface area contributed by atoms with Gasteiger partial charge >= 0.3 is 0 Å². The van der Waals surface area contributed by atoms with Crippen LogP contribution in [0.3, 0.4) is 0 Å². The van der Waals surface area contributed by atoms with E-state index in [0.29, 0.717) is 38.2 Å². The van der Waals surface area contributed by atoms with Crippen molar-refractivity contribution in [2.75, 3.05) is 25.6 Å². The molecule has 6 nitrogen and oxygen atoms in total. The number of nitrogens with one attached hydrogen (secondary N) is 1. The molecule has 0 saturated heterocycles. The maximum Gasteiger partial charge on any atom is 0.287 e. The van der Waals surface area contributed by atoms with Crippen molar-refractivity contribution in [2.24, 2.45) is 0 Å². The molecule has 0 aliphatic heterocycles. The van der Waals surface area contributed by atoms with Gasteiger partial charge in [-0.3, -0.25) is 4.79 Å². The Morgan fingerprint density at radius 2 is 2.15 bits per heavy atom. The lowest BCUT2D eigenvalue weighted by molar-refractivity contribution is 0.0457. The highest BCUT2D eigenvalue weighted by Crippen LogP contribution is 2.19. The van der Waals surface area contributed by atoms with Gasteiger partial charge in [0.05, 0.1) is 30.6 Å². The van der Waals surface area contributed by atoms with Gasteiger partial charge in [-0.25, -0.2) is 4.68 Å². The molecule has 2 N–H and O–H groups in total. The fraction of sp³-hybridized carbons (Fsp3) is 0.692. The number of anilines is 1. The molecule has 1 rings (SSSR count). The number of aliphatic hydroxyl groups is 1. The molecule has 7 heteroatoms. The van der Waals surface area contributed by atoms with Crippen molar-refractivity contribution >= 4 is 17.3 Å². The molecule has 0 saturated carbocycles. The molecule has 1 aromatic rings. The van der Waals surface area contributed by atoms with Crippen LogP contribution in [-0.4, -0.2) is 40.7 Å². The van der Waals surface area contributed by atoms with Crippen LogP contribution in [0.25, 0.3) is 0 Å². The molecule has 0 spiro atoms. The Kier molecular flexibility index (Phi) is 6.45. The Labute approximate surface area is 123 Å². The third kappa shape index (κ3) is 4.19. The van der Waals surface area contributed by atoms with Crippen LogP contribution in [-0.2, 0) is 11.3 Å². The molecule has 0 unspecified atom stereocenters. The predicted octanol–water partition coefficient (Wildman–Crippen LogP) is 1.51. The van der Waals surface area contributed by atoms with Gasteiger partial charge in [-0.1, -0.05) is 25.4 Å². The molecule has 0 aliphatic rings. The van der Waals surface area contributed by atoms with Gasteiger partial charge in [-0.2, -0.15) is 5.10 Å². The first kappa shape index (κ1) is 16.9. The van der Waals surface area contributed by atoms with Gasteiger partial charge in [0.2, 0.25) is 0 Å². The zero-order valence-corrected chi connectivity index (χ0v) is 12.9. The zero-order valence-electron chi connectivity index (χ0n) is 12.1. The maximum atomic E-state index is 12.0. The van der Waals surface area contributed by atoms with Crippen molar-refractivity contribution in [2.45, 2.75) is 38.8 Å². The number of halogens is 1. The van der Waals surface area contributed by atoms with Crippen LogP contribution in [0.2, 0.25) is 5.02 Å². The van der Waals surface area contributed by atoms with Crippen LogP contribution < -0.4 is 10.9 Å². The third-order valence-corrected chi connectivity index (χ3v) is 3.78. The lowest BCUT2D eigenvalue weighted by Crippen LogP contribution is -2.36. The standard InChI is InChI=1S/C13H22ClN3O3/c1-4-13(19,5-2)9-15-10-8-16-17(6-7-20-3)12(18)11(10)14/h8,15,19H,4-7,9H2,1-3H3. The Bertz CT molecular complexity index is 486. The van der Waals surface area contributed by atoms with E-state index in [1.54, 1.807) is 7.11 Å². The first-order chi connectivity index (χ1) is 9.47. The van der Waals surface area contributed by atoms with Crippen LogP contribution in [0, 0.1) is 0 Å². The minimum absolute atomic E-state index is 0.0747. The van der Waals surface area contributed by atoms with Crippen molar-refractivity contribution in [1.82, 2.24) is 9.78 Å². The smallest absolute Gasteiger partial charge is 0.287 e. The van der Waals surface area contributed by atoms with E-state index in [0.717, 1.165) is 0 Å². The van der Waals surface area contributed by atoms with Gasteiger partial charge in [0.15, 0.2) is 0 Å². The summed E-state index contributed by atoms with van der Waals surface area (Å²) in [5.74, 6) is 0. The summed E-state index contributed by atoms with van der Waals surface area (Å²) in [5.41, 5.74) is -0.746. The summed E-state index contributed by atoms with van der Waals surface area (Å²) in [6.07, 6.45) is 2.73. The van der Waals surface area contributed by atoms with E-state index in [9.17, 15) is 9.90 Å². The first-order valence-electron chi connectivity index (χ1n) is 6.68. The predicted molar refractivity (Wildman–Crippen MR) is 79.4 cm³/mol.